The summed E-state index contributed by atoms with van der Waals surface area (Å²) in [5.41, 5.74) is 0. The molecule has 0 saturated carbocycles. The minimum absolute atomic E-state index is 0. The molecule has 0 amide bonds. The van der Waals surface area contributed by atoms with E-state index in [1.165, 1.54) is 0 Å². The highest BCUT2D eigenvalue weighted by Crippen LogP contribution is 2.19. The average molecular weight is 166 g/mol. The molecule has 0 aromatic carbocycles. The van der Waals surface area contributed by atoms with Crippen LogP contribution in [0.1, 0.15) is 13.8 Å². The number of carboxylic acid groups (broad SMARTS) is 1. The Morgan fingerprint density at radius 2 is 2.00 bits per heavy atom. The fraction of sp³-hybridized carbons (Fsp3) is 0.800. The van der Waals surface area contributed by atoms with Gasteiger partial charge in [-0.05, 0) is 6.42 Å². The lowest BCUT2D eigenvalue weighted by Gasteiger charge is -2.20. The molecule has 1 heterocycles. The molecule has 1 unspecified atom stereocenters. The van der Waals surface area contributed by atoms with Crippen LogP contribution in [0.3, 0.4) is 0 Å². The van der Waals surface area contributed by atoms with Crippen LogP contribution < -0.4 is 0 Å². The van der Waals surface area contributed by atoms with Crippen molar-refractivity contribution in [3.8, 4) is 0 Å². The van der Waals surface area contributed by atoms with Gasteiger partial charge in [-0.1, -0.05) is 7.43 Å². The Morgan fingerprint density at radius 1 is 1.50 bits per heavy atom. The molecule has 1 saturated heterocycles. The van der Waals surface area contributed by atoms with Crippen molar-refractivity contribution in [3.05, 3.63) is 0 Å². The quantitative estimate of drug-likeness (QED) is 0.590. The fourth-order valence-corrected chi connectivity index (χ4v) is 1.87. The molecule has 60 valence electrons. The van der Waals surface area contributed by atoms with Crippen molar-refractivity contribution in [2.75, 3.05) is 5.75 Å². The molecule has 0 radical (unpaired) electrons. The van der Waals surface area contributed by atoms with Crippen LogP contribution >= 0.6 is 0 Å². The number of aliphatic carboxylic acids is 1. The van der Waals surface area contributed by atoms with E-state index in [4.69, 9.17) is 5.11 Å². The first-order valence-corrected chi connectivity index (χ1v) is 4.20. The van der Waals surface area contributed by atoms with Crippen LogP contribution in [0.2, 0.25) is 0 Å². The second-order valence-corrected chi connectivity index (χ2v) is 4.29. The summed E-state index contributed by atoms with van der Waals surface area (Å²) in [5, 5.41) is 7.08. The highest BCUT2D eigenvalue weighted by Gasteiger charge is 2.41. The summed E-state index contributed by atoms with van der Waals surface area (Å²) in [5.74, 6) is -1.19. The van der Waals surface area contributed by atoms with Crippen LogP contribution in [-0.2, 0) is 14.6 Å². The Labute approximate surface area is 59.8 Å². The van der Waals surface area contributed by atoms with Gasteiger partial charge in [0.2, 0.25) is 0 Å². The summed E-state index contributed by atoms with van der Waals surface area (Å²) in [7, 11) is -3.22. The third kappa shape index (κ3) is 1.29. The molecule has 0 aromatic rings. The highest BCUT2D eigenvalue weighted by molar-refractivity contribution is 7.94. The van der Waals surface area contributed by atoms with Gasteiger partial charge in [-0.3, -0.25) is 4.79 Å². The van der Waals surface area contributed by atoms with Gasteiger partial charge in [-0.15, -0.1) is 0 Å². The lowest BCUT2D eigenvalue weighted by Crippen LogP contribution is -2.42. The van der Waals surface area contributed by atoms with Gasteiger partial charge in [0, 0.05) is 0 Å². The average Bonchev–Trinajstić information content (AvgIpc) is 1.62. The van der Waals surface area contributed by atoms with Gasteiger partial charge in [0.1, 0.15) is 0 Å². The molecule has 4 nitrogen and oxygen atoms in total. The molecule has 1 rings (SSSR count). The smallest absolute Gasteiger partial charge is 0.321 e. The Kier molecular flexibility index (Phi) is 2.42. The Bertz CT molecular complexity index is 228. The number of sulfone groups is 1. The fourth-order valence-electron chi connectivity index (χ4n) is 0.705. The number of hydrogen-bond donors (Lipinski definition) is 1. The van der Waals surface area contributed by atoms with Gasteiger partial charge in [0.05, 0.1) is 5.75 Å². The van der Waals surface area contributed by atoms with Gasteiger partial charge in [0.25, 0.3) is 0 Å². The van der Waals surface area contributed by atoms with Crippen LogP contribution in [0.4, 0.5) is 0 Å². The van der Waals surface area contributed by atoms with Crippen molar-refractivity contribution in [1.82, 2.24) is 0 Å². The lowest BCUT2D eigenvalue weighted by atomic mass is 10.3. The molecule has 1 atom stereocenters. The van der Waals surface area contributed by atoms with E-state index in [0.717, 1.165) is 0 Å². The molecule has 1 N–H and O–H groups in total. The third-order valence-corrected chi connectivity index (χ3v) is 3.48. The monoisotopic (exact) mass is 166 g/mol. The van der Waals surface area contributed by atoms with Crippen LogP contribution in [0.5, 0.6) is 0 Å². The van der Waals surface area contributed by atoms with Gasteiger partial charge in [0.15, 0.2) is 15.1 Å². The second kappa shape index (κ2) is 2.57. The van der Waals surface area contributed by atoms with Crippen LogP contribution in [0, 0.1) is 0 Å². The summed E-state index contributed by atoms with van der Waals surface area (Å²) in [6.07, 6.45) is 0.275. The van der Waals surface area contributed by atoms with Crippen molar-refractivity contribution in [2.24, 2.45) is 0 Å². The van der Waals surface area contributed by atoms with Crippen molar-refractivity contribution >= 4 is 15.8 Å². The van der Waals surface area contributed by atoms with Crippen LogP contribution in [0.15, 0.2) is 0 Å². The molecule has 0 aromatic heterocycles. The SMILES string of the molecule is C.O=C(O)C1CCS1(=O)=O. The zero-order chi connectivity index (χ0) is 7.07. The van der Waals surface area contributed by atoms with E-state index in [2.05, 4.69) is 0 Å². The Morgan fingerprint density at radius 3 is 2.00 bits per heavy atom. The van der Waals surface area contributed by atoms with Gasteiger partial charge in [-0.2, -0.15) is 0 Å². The maximum absolute atomic E-state index is 10.5. The molecule has 1 aliphatic heterocycles. The summed E-state index contributed by atoms with van der Waals surface area (Å²) in [6.45, 7) is 0. The van der Waals surface area contributed by atoms with Crippen molar-refractivity contribution in [1.29, 1.82) is 0 Å². The van der Waals surface area contributed by atoms with E-state index >= 15 is 0 Å². The summed E-state index contributed by atoms with van der Waals surface area (Å²) < 4.78 is 21.0. The molecular formula is C5H10O4S. The predicted molar refractivity (Wildman–Crippen MR) is 36.6 cm³/mol. The Balaban J connectivity index is 0.000000810. The molecular weight excluding hydrogens is 156 g/mol. The van der Waals surface area contributed by atoms with Gasteiger partial charge < -0.3 is 5.11 Å². The third-order valence-electron chi connectivity index (χ3n) is 1.37. The van der Waals surface area contributed by atoms with Crippen LogP contribution in [0.25, 0.3) is 0 Å². The van der Waals surface area contributed by atoms with E-state index in [9.17, 15) is 13.2 Å². The molecule has 1 fully saturated rings. The first-order valence-electron chi connectivity index (χ1n) is 2.48. The number of carboxylic acids is 1. The largest absolute Gasteiger partial charge is 0.480 e. The molecule has 0 bridgehead atoms. The first-order chi connectivity index (χ1) is 4.04. The second-order valence-electron chi connectivity index (χ2n) is 1.98. The summed E-state index contributed by atoms with van der Waals surface area (Å²) in [4.78, 5) is 10.0. The summed E-state index contributed by atoms with van der Waals surface area (Å²) in [6, 6.07) is 0. The lowest BCUT2D eigenvalue weighted by molar-refractivity contribution is -0.136. The van der Waals surface area contributed by atoms with Crippen molar-refractivity contribution in [2.45, 2.75) is 19.1 Å². The van der Waals surface area contributed by atoms with Crippen molar-refractivity contribution in [3.63, 3.8) is 0 Å². The standard InChI is InChI=1S/C4H6O4S.CH4/c5-4(6)3-1-2-9(3,7)8;/h3H,1-2H2,(H,5,6);1H4. The van der Waals surface area contributed by atoms with E-state index in [1.54, 1.807) is 0 Å². The van der Waals surface area contributed by atoms with Crippen molar-refractivity contribution < 1.29 is 18.3 Å². The zero-order valence-corrected chi connectivity index (χ0v) is 5.39. The molecule has 0 aliphatic carbocycles. The van der Waals surface area contributed by atoms with Gasteiger partial charge >= 0.3 is 5.97 Å². The van der Waals surface area contributed by atoms with E-state index < -0.39 is 21.1 Å². The summed E-state index contributed by atoms with van der Waals surface area (Å²) >= 11 is 0. The number of rotatable bonds is 1. The van der Waals surface area contributed by atoms with Crippen LogP contribution in [-0.4, -0.2) is 30.5 Å². The van der Waals surface area contributed by atoms with E-state index in [-0.39, 0.29) is 19.6 Å². The molecule has 10 heavy (non-hydrogen) atoms. The number of carbonyl (C=O) groups is 1. The number of hydrogen-bond acceptors (Lipinski definition) is 3. The maximum atomic E-state index is 10.5. The topological polar surface area (TPSA) is 71.4 Å². The normalized spacial score (nSPS) is 27.8. The minimum Gasteiger partial charge on any atom is -0.480 e. The molecule has 5 heteroatoms. The van der Waals surface area contributed by atoms with E-state index in [0.29, 0.717) is 0 Å². The Hall–Kier alpha value is -0.580. The zero-order valence-electron chi connectivity index (χ0n) is 4.57. The molecule has 0 spiro atoms. The maximum Gasteiger partial charge on any atom is 0.321 e. The minimum atomic E-state index is -3.22. The van der Waals surface area contributed by atoms with Gasteiger partial charge in [-0.25, -0.2) is 8.42 Å². The first kappa shape index (κ1) is 9.42. The highest BCUT2D eigenvalue weighted by atomic mass is 32.2. The predicted octanol–water partition coefficient (Wildman–Crippen LogP) is -0.106. The molecule has 1 aliphatic rings. The van der Waals surface area contributed by atoms with E-state index in [1.807, 2.05) is 0 Å².